The van der Waals surface area contributed by atoms with Gasteiger partial charge in [0.25, 0.3) is 0 Å². The first-order valence-corrected chi connectivity index (χ1v) is 8.67. The molecule has 1 amide bonds. The van der Waals surface area contributed by atoms with Gasteiger partial charge in [0.2, 0.25) is 5.91 Å². The number of nitrogens with one attached hydrogen (secondary N) is 1. The van der Waals surface area contributed by atoms with Gasteiger partial charge in [0.05, 0.1) is 11.9 Å². The van der Waals surface area contributed by atoms with Crippen molar-refractivity contribution in [3.63, 3.8) is 0 Å². The molecule has 0 radical (unpaired) electrons. The Morgan fingerprint density at radius 3 is 2.31 bits per heavy atom. The average Bonchev–Trinajstić information content (AvgIpc) is 3.06. The summed E-state index contributed by atoms with van der Waals surface area (Å²) in [5, 5.41) is 0. The Labute approximate surface area is 147 Å². The molecule has 0 aliphatic carbocycles. The molecule has 13 nitrogen and oxygen atoms in total. The summed E-state index contributed by atoms with van der Waals surface area (Å²) in [7, 11) is -5.85. The van der Waals surface area contributed by atoms with Crippen molar-refractivity contribution in [1.82, 2.24) is 24.9 Å². The molecular weight excluding hydrogens is 388 g/mol. The van der Waals surface area contributed by atoms with Crippen LogP contribution < -0.4 is 11.5 Å². The number of aromatic nitrogens is 5. The van der Waals surface area contributed by atoms with E-state index in [1.807, 2.05) is 0 Å². The number of amides is 1. The Balaban J connectivity index is 0.000000199. The van der Waals surface area contributed by atoms with Crippen molar-refractivity contribution in [2.45, 2.75) is 0 Å². The van der Waals surface area contributed by atoms with Crippen LogP contribution in [0.15, 0.2) is 37.2 Å². The normalized spacial score (nSPS) is 10.7. The van der Waals surface area contributed by atoms with Crippen LogP contribution in [0.5, 0.6) is 0 Å². The zero-order chi connectivity index (χ0) is 19.5. The van der Waals surface area contributed by atoms with Gasteiger partial charge >= 0.3 is 16.5 Å². The largest absolute Gasteiger partial charge is 0.745 e. The van der Waals surface area contributed by atoms with Crippen molar-refractivity contribution in [1.29, 1.82) is 0 Å². The number of imidazole rings is 1. The van der Waals surface area contributed by atoms with Gasteiger partial charge in [0, 0.05) is 21.5 Å². The topological polar surface area (TPSA) is 220 Å². The average molecular weight is 401 g/mol. The maximum absolute atomic E-state index is 10.4. The van der Waals surface area contributed by atoms with Gasteiger partial charge in [-0.1, -0.05) is 0 Å². The van der Waals surface area contributed by atoms with E-state index in [1.165, 1.54) is 18.9 Å². The van der Waals surface area contributed by atoms with Crippen molar-refractivity contribution in [2.24, 2.45) is 5.73 Å². The fourth-order valence-electron chi connectivity index (χ4n) is 1.35. The fourth-order valence-corrected chi connectivity index (χ4v) is 1.83. The molecule has 7 N–H and O–H groups in total. The van der Waals surface area contributed by atoms with E-state index in [1.54, 1.807) is 18.3 Å². The summed E-state index contributed by atoms with van der Waals surface area (Å²) in [4.78, 5) is 43.8. The Morgan fingerprint density at radius 2 is 1.88 bits per heavy atom. The van der Waals surface area contributed by atoms with E-state index in [-0.39, 0.29) is 0 Å². The summed E-state index contributed by atoms with van der Waals surface area (Å²) in [5.41, 5.74) is 12.2. The number of anilines is 1. The summed E-state index contributed by atoms with van der Waals surface area (Å²) >= 11 is 0. The number of hydrogen-bond donors (Lipinski definition) is 5. The van der Waals surface area contributed by atoms with Gasteiger partial charge in [-0.05, 0) is 12.1 Å². The minimum Gasteiger partial charge on any atom is -0.382 e. The molecule has 2 unspecified atom stereocenters. The lowest BCUT2D eigenvalue weighted by Crippen LogP contribution is -2.10. The van der Waals surface area contributed by atoms with Crippen LogP contribution in [-0.2, 0) is 13.4 Å². The van der Waals surface area contributed by atoms with E-state index < -0.39 is 22.4 Å². The number of H-pyrrole nitrogens is 1. The van der Waals surface area contributed by atoms with Gasteiger partial charge in [-0.15, -0.1) is 9.79 Å². The number of aromatic amines is 1. The molecule has 0 bridgehead atoms. The Hall–Kier alpha value is -2.95. The number of carbonyl (C=O) groups excluding carboxylic acids is 1. The van der Waals surface area contributed by atoms with Crippen LogP contribution >= 0.6 is 16.5 Å². The summed E-state index contributed by atoms with van der Waals surface area (Å²) in [6, 6.07) is 3.29. The molecule has 0 spiro atoms. The van der Waals surface area contributed by atoms with Crippen molar-refractivity contribution in [2.75, 3.05) is 5.73 Å². The van der Waals surface area contributed by atoms with E-state index >= 15 is 0 Å². The van der Waals surface area contributed by atoms with Gasteiger partial charge in [-0.3, -0.25) is 9.78 Å². The third-order valence-electron chi connectivity index (χ3n) is 2.34. The molecule has 15 heteroatoms. The molecule has 3 aromatic heterocycles. The molecule has 2 atom stereocenters. The number of nitrogens with two attached hydrogens (primary N) is 2. The standard InChI is InChI=1S/C6H6N2O.C5H5N5.O5P2/c7-6(9)5-2-1-3-8-4-5;6-4-3-5(9-1-7-3)10-2-8-4;1-6(2)5-7(3)4/h1-4H,(H2,7,9);1-2H,(H3,6,7,8,9,10);/p+2. The molecule has 3 heterocycles. The minimum atomic E-state index is -2.92. The quantitative estimate of drug-likeness (QED) is 0.378. The molecule has 3 rings (SSSR count). The molecule has 0 saturated carbocycles. The van der Waals surface area contributed by atoms with Crippen molar-refractivity contribution < 1.29 is 28.0 Å². The second-order valence-electron chi connectivity index (χ2n) is 4.02. The Kier molecular flexibility index (Phi) is 8.78. The summed E-state index contributed by atoms with van der Waals surface area (Å²) in [6.45, 7) is 0. The van der Waals surface area contributed by atoms with E-state index in [0.717, 1.165) is 0 Å². The van der Waals surface area contributed by atoms with Crippen molar-refractivity contribution >= 4 is 39.4 Å². The molecule has 0 aliphatic rings. The van der Waals surface area contributed by atoms with Gasteiger partial charge in [-0.25, -0.2) is 15.0 Å². The van der Waals surface area contributed by atoms with E-state index in [4.69, 9.17) is 21.3 Å². The highest BCUT2D eigenvalue weighted by atomic mass is 31.2. The predicted octanol–water partition coefficient (Wildman–Crippen LogP) is 0.418. The molecule has 136 valence electrons. The second-order valence-corrected chi connectivity index (χ2v) is 5.63. The first-order valence-electron chi connectivity index (χ1n) is 6.41. The number of carbonyl (C=O) groups is 1. The monoisotopic (exact) mass is 401 g/mol. The zero-order valence-corrected chi connectivity index (χ0v) is 14.6. The van der Waals surface area contributed by atoms with E-state index in [2.05, 4.69) is 29.2 Å². The fraction of sp³-hybridized carbons (Fsp3) is 0. The maximum Gasteiger partial charge on any atom is 0.745 e. The van der Waals surface area contributed by atoms with Crippen LogP contribution in [0.1, 0.15) is 10.4 Å². The van der Waals surface area contributed by atoms with Crippen LogP contribution in [0.3, 0.4) is 0 Å². The number of fused-ring (bicyclic) bond motifs is 1. The zero-order valence-electron chi connectivity index (χ0n) is 12.8. The number of nitrogen functional groups attached to an aromatic ring is 1. The van der Waals surface area contributed by atoms with Crippen LogP contribution in [0, 0.1) is 0 Å². The lowest BCUT2D eigenvalue weighted by molar-refractivity contribution is 0.1000. The molecule has 26 heavy (non-hydrogen) atoms. The lowest BCUT2D eigenvalue weighted by atomic mass is 10.3. The summed E-state index contributed by atoms with van der Waals surface area (Å²) < 4.78 is 22.2. The van der Waals surface area contributed by atoms with Gasteiger partial charge in [0.1, 0.15) is 11.8 Å². The summed E-state index contributed by atoms with van der Waals surface area (Å²) in [6.07, 6.45) is 5.95. The van der Waals surface area contributed by atoms with Crippen molar-refractivity contribution in [3.05, 3.63) is 42.7 Å². The Morgan fingerprint density at radius 1 is 1.19 bits per heavy atom. The number of pyridine rings is 1. The van der Waals surface area contributed by atoms with Crippen LogP contribution in [0.25, 0.3) is 11.2 Å². The molecule has 3 aromatic rings. The first-order chi connectivity index (χ1) is 12.3. The third-order valence-corrected chi connectivity index (χ3v) is 3.46. The number of nitrogens with zero attached hydrogens (tertiary/aromatic N) is 4. The maximum atomic E-state index is 10.4. The molecule has 0 aromatic carbocycles. The number of primary amides is 1. The molecule has 0 aliphatic heterocycles. The minimum absolute atomic E-state index is 0.433. The van der Waals surface area contributed by atoms with Gasteiger partial charge < -0.3 is 16.5 Å². The van der Waals surface area contributed by atoms with Crippen LogP contribution in [-0.4, -0.2) is 40.6 Å². The smallest absolute Gasteiger partial charge is 0.382 e. The molecule has 0 fully saturated rings. The molecule has 0 saturated heterocycles. The highest BCUT2D eigenvalue weighted by molar-refractivity contribution is 7.46. The SMILES string of the molecule is NC(=O)c1cccnc1.Nc1ncnc2nc[nH]c12.O=[P+](O)O[P+](=O)O. The van der Waals surface area contributed by atoms with Crippen LogP contribution in [0.4, 0.5) is 5.82 Å². The Bertz CT molecular complexity index is 879. The highest BCUT2D eigenvalue weighted by Gasteiger charge is 2.31. The second kappa shape index (κ2) is 10.8. The molecular formula is C11H13N7O6P2+2. The third kappa shape index (κ3) is 7.75. The van der Waals surface area contributed by atoms with E-state index in [9.17, 15) is 13.9 Å². The predicted molar refractivity (Wildman–Crippen MR) is 89.6 cm³/mol. The van der Waals surface area contributed by atoms with Crippen LogP contribution in [0.2, 0.25) is 0 Å². The highest BCUT2D eigenvalue weighted by Crippen LogP contribution is 2.30. The van der Waals surface area contributed by atoms with E-state index in [0.29, 0.717) is 22.5 Å². The number of hydrogen-bond acceptors (Lipinski definition) is 9. The van der Waals surface area contributed by atoms with Gasteiger partial charge in [0.15, 0.2) is 15.8 Å². The lowest BCUT2D eigenvalue weighted by Gasteiger charge is -1.89. The summed E-state index contributed by atoms with van der Waals surface area (Å²) in [5.74, 6) is -0.00870. The van der Waals surface area contributed by atoms with Crippen molar-refractivity contribution in [3.8, 4) is 0 Å². The first kappa shape index (κ1) is 21.1. The number of rotatable bonds is 3. The van der Waals surface area contributed by atoms with Gasteiger partial charge in [-0.2, -0.15) is 0 Å².